The molecule has 21 heavy (non-hydrogen) atoms. The first-order valence-corrected chi connectivity index (χ1v) is 6.52. The number of aromatic nitrogens is 2. The second-order valence-corrected chi connectivity index (χ2v) is 4.68. The summed E-state index contributed by atoms with van der Waals surface area (Å²) in [5, 5.41) is 12.4. The molecule has 0 amide bonds. The van der Waals surface area contributed by atoms with Crippen molar-refractivity contribution >= 4 is 5.69 Å². The van der Waals surface area contributed by atoms with Gasteiger partial charge in [0, 0.05) is 12.2 Å². The van der Waals surface area contributed by atoms with E-state index in [4.69, 9.17) is 5.11 Å². The summed E-state index contributed by atoms with van der Waals surface area (Å²) in [6.45, 7) is 0.487. The fourth-order valence-electron chi connectivity index (χ4n) is 2.05. The van der Waals surface area contributed by atoms with Gasteiger partial charge < -0.3 is 15.4 Å². The van der Waals surface area contributed by atoms with E-state index in [0.717, 1.165) is 22.5 Å². The van der Waals surface area contributed by atoms with Crippen LogP contribution in [0.5, 0.6) is 5.75 Å². The van der Waals surface area contributed by atoms with Gasteiger partial charge in [0.2, 0.25) is 0 Å². The molecule has 1 heterocycles. The van der Waals surface area contributed by atoms with Crippen molar-refractivity contribution in [1.82, 2.24) is 9.97 Å². The first kappa shape index (κ1) is 13.2. The number of hydrogen-bond donors (Lipinski definition) is 3. The van der Waals surface area contributed by atoms with E-state index in [9.17, 15) is 4.39 Å². The Morgan fingerprint density at radius 3 is 2.62 bits per heavy atom. The van der Waals surface area contributed by atoms with E-state index in [1.54, 1.807) is 18.6 Å². The first-order valence-electron chi connectivity index (χ1n) is 6.52. The molecule has 0 unspecified atom stereocenters. The Morgan fingerprint density at radius 2 is 1.95 bits per heavy atom. The lowest BCUT2D eigenvalue weighted by molar-refractivity contribution is 0.432. The molecule has 0 aliphatic rings. The Hall–Kier alpha value is -2.82. The lowest BCUT2D eigenvalue weighted by Crippen LogP contribution is -1.99. The van der Waals surface area contributed by atoms with Crippen molar-refractivity contribution in [2.45, 2.75) is 6.54 Å². The Labute approximate surface area is 121 Å². The number of aromatic amines is 1. The third-order valence-electron chi connectivity index (χ3n) is 3.20. The number of hydrogen-bond acceptors (Lipinski definition) is 3. The number of nitrogens with one attached hydrogen (secondary N) is 2. The van der Waals surface area contributed by atoms with Gasteiger partial charge in [-0.15, -0.1) is 0 Å². The van der Waals surface area contributed by atoms with Gasteiger partial charge in [0.1, 0.15) is 0 Å². The number of nitrogens with zero attached hydrogens (tertiary/aromatic N) is 1. The van der Waals surface area contributed by atoms with Gasteiger partial charge in [-0.3, -0.25) is 0 Å². The van der Waals surface area contributed by atoms with Gasteiger partial charge in [-0.1, -0.05) is 18.2 Å². The summed E-state index contributed by atoms with van der Waals surface area (Å²) in [6, 6.07) is 12.2. The Balaban J connectivity index is 1.66. The zero-order chi connectivity index (χ0) is 14.7. The van der Waals surface area contributed by atoms with Gasteiger partial charge in [0.25, 0.3) is 0 Å². The minimum atomic E-state index is -0.608. The highest BCUT2D eigenvalue weighted by atomic mass is 19.1. The maximum Gasteiger partial charge on any atom is 0.165 e. The molecule has 3 rings (SSSR count). The van der Waals surface area contributed by atoms with E-state index in [2.05, 4.69) is 15.3 Å². The lowest BCUT2D eigenvalue weighted by Gasteiger charge is -2.08. The quantitative estimate of drug-likeness (QED) is 0.686. The van der Waals surface area contributed by atoms with Crippen LogP contribution in [-0.4, -0.2) is 15.1 Å². The molecule has 0 saturated heterocycles. The molecule has 0 atom stereocenters. The Morgan fingerprint density at radius 1 is 1.14 bits per heavy atom. The molecule has 1 aromatic heterocycles. The number of phenols is 1. The van der Waals surface area contributed by atoms with Crippen LogP contribution in [0.1, 0.15) is 5.56 Å². The minimum absolute atomic E-state index is 0.331. The number of H-pyrrole nitrogens is 1. The average molecular weight is 283 g/mol. The molecule has 4 nitrogen and oxygen atoms in total. The zero-order valence-electron chi connectivity index (χ0n) is 11.2. The molecule has 106 valence electrons. The van der Waals surface area contributed by atoms with Crippen molar-refractivity contribution in [3.8, 4) is 17.0 Å². The summed E-state index contributed by atoms with van der Waals surface area (Å²) >= 11 is 0. The fourth-order valence-corrected chi connectivity index (χ4v) is 2.05. The maximum atomic E-state index is 13.2. The molecule has 2 aromatic carbocycles. The van der Waals surface area contributed by atoms with E-state index in [0.29, 0.717) is 6.54 Å². The second kappa shape index (κ2) is 5.66. The summed E-state index contributed by atoms with van der Waals surface area (Å²) in [6.07, 6.45) is 3.41. The summed E-state index contributed by atoms with van der Waals surface area (Å²) in [4.78, 5) is 7.03. The standard InChI is InChI=1S/C16H14FN3O/c17-14-7-11(1-6-16(14)21)8-19-13-4-2-12(3-5-13)15-9-18-10-20-15/h1-7,9-10,19,21H,8H2,(H,18,20). The molecule has 0 fully saturated rings. The van der Waals surface area contributed by atoms with Crippen molar-refractivity contribution < 1.29 is 9.50 Å². The van der Waals surface area contributed by atoms with Crippen LogP contribution in [0.4, 0.5) is 10.1 Å². The largest absolute Gasteiger partial charge is 0.505 e. The van der Waals surface area contributed by atoms with E-state index >= 15 is 0 Å². The Bertz CT molecular complexity index is 724. The van der Waals surface area contributed by atoms with Gasteiger partial charge in [0.05, 0.1) is 18.2 Å². The van der Waals surface area contributed by atoms with Gasteiger partial charge in [-0.25, -0.2) is 9.37 Å². The summed E-state index contributed by atoms with van der Waals surface area (Å²) in [5.74, 6) is -0.938. The van der Waals surface area contributed by atoms with Crippen LogP contribution >= 0.6 is 0 Å². The van der Waals surface area contributed by atoms with Crippen LogP contribution in [-0.2, 0) is 6.54 Å². The molecule has 5 heteroatoms. The third kappa shape index (κ3) is 3.02. The van der Waals surface area contributed by atoms with Crippen molar-refractivity contribution in [2.24, 2.45) is 0 Å². The van der Waals surface area contributed by atoms with E-state index in [1.165, 1.54) is 12.1 Å². The maximum absolute atomic E-state index is 13.2. The van der Waals surface area contributed by atoms with Crippen molar-refractivity contribution in [3.05, 3.63) is 66.4 Å². The van der Waals surface area contributed by atoms with Crippen LogP contribution in [0.2, 0.25) is 0 Å². The molecule has 0 bridgehead atoms. The van der Waals surface area contributed by atoms with Crippen LogP contribution in [0.15, 0.2) is 55.0 Å². The summed E-state index contributed by atoms with van der Waals surface area (Å²) in [7, 11) is 0. The molecule has 0 saturated carbocycles. The smallest absolute Gasteiger partial charge is 0.165 e. The molecular weight excluding hydrogens is 269 g/mol. The monoisotopic (exact) mass is 283 g/mol. The number of halogens is 1. The number of aromatic hydroxyl groups is 1. The topological polar surface area (TPSA) is 60.9 Å². The zero-order valence-corrected chi connectivity index (χ0v) is 11.2. The van der Waals surface area contributed by atoms with E-state index < -0.39 is 5.82 Å². The highest BCUT2D eigenvalue weighted by molar-refractivity contribution is 5.61. The number of anilines is 1. The molecule has 0 aliphatic carbocycles. The predicted octanol–water partition coefficient (Wildman–Crippen LogP) is 3.53. The van der Waals surface area contributed by atoms with Crippen LogP contribution in [0.3, 0.4) is 0 Å². The molecule has 0 spiro atoms. The summed E-state index contributed by atoms with van der Waals surface area (Å²) in [5.41, 5.74) is 3.71. The highest BCUT2D eigenvalue weighted by Crippen LogP contribution is 2.20. The Kier molecular flexibility index (Phi) is 3.55. The number of imidazole rings is 1. The lowest BCUT2D eigenvalue weighted by atomic mass is 10.1. The first-order chi connectivity index (χ1) is 10.2. The molecule has 3 aromatic rings. The SMILES string of the molecule is Oc1ccc(CNc2ccc(-c3cnc[nH]3)cc2)cc1F. The van der Waals surface area contributed by atoms with E-state index in [1.807, 2.05) is 24.3 Å². The molecule has 0 radical (unpaired) electrons. The average Bonchev–Trinajstić information content (AvgIpc) is 3.03. The van der Waals surface area contributed by atoms with Crippen LogP contribution in [0.25, 0.3) is 11.3 Å². The van der Waals surface area contributed by atoms with Crippen LogP contribution in [0, 0.1) is 5.82 Å². The van der Waals surface area contributed by atoms with Crippen molar-refractivity contribution in [2.75, 3.05) is 5.32 Å². The number of rotatable bonds is 4. The van der Waals surface area contributed by atoms with E-state index in [-0.39, 0.29) is 5.75 Å². The molecule has 0 aliphatic heterocycles. The van der Waals surface area contributed by atoms with Crippen molar-refractivity contribution in [3.63, 3.8) is 0 Å². The van der Waals surface area contributed by atoms with Gasteiger partial charge in [0.15, 0.2) is 11.6 Å². The van der Waals surface area contributed by atoms with Gasteiger partial charge >= 0.3 is 0 Å². The number of phenolic OH excluding ortho intramolecular Hbond substituents is 1. The van der Waals surface area contributed by atoms with Gasteiger partial charge in [-0.2, -0.15) is 0 Å². The number of benzene rings is 2. The fraction of sp³-hybridized carbons (Fsp3) is 0.0625. The normalized spacial score (nSPS) is 10.5. The predicted molar refractivity (Wildman–Crippen MR) is 79.4 cm³/mol. The second-order valence-electron chi connectivity index (χ2n) is 4.68. The summed E-state index contributed by atoms with van der Waals surface area (Å²) < 4.78 is 13.2. The van der Waals surface area contributed by atoms with Gasteiger partial charge in [-0.05, 0) is 35.4 Å². The molecule has 3 N–H and O–H groups in total. The van der Waals surface area contributed by atoms with Crippen molar-refractivity contribution in [1.29, 1.82) is 0 Å². The minimum Gasteiger partial charge on any atom is -0.505 e. The molecular formula is C16H14FN3O. The third-order valence-corrected chi connectivity index (χ3v) is 3.20. The highest BCUT2D eigenvalue weighted by Gasteiger charge is 2.02. The van der Waals surface area contributed by atoms with Crippen LogP contribution < -0.4 is 5.32 Å².